The number of fused-ring (bicyclic) bond motifs is 1. The molecule has 2 heterocycles. The summed E-state index contributed by atoms with van der Waals surface area (Å²) in [7, 11) is -2.10. The summed E-state index contributed by atoms with van der Waals surface area (Å²) in [6.45, 7) is 2.88. The number of aromatic carboxylic acids is 1. The summed E-state index contributed by atoms with van der Waals surface area (Å²) in [5, 5.41) is 10.2. The average molecular weight is 455 g/mol. The Morgan fingerprint density at radius 2 is 1.75 bits per heavy atom. The molecule has 1 N–H and O–H groups in total. The Morgan fingerprint density at radius 1 is 1.03 bits per heavy atom. The van der Waals surface area contributed by atoms with Gasteiger partial charge in [0, 0.05) is 24.0 Å². The summed E-state index contributed by atoms with van der Waals surface area (Å²) < 4.78 is 33.2. The first kappa shape index (κ1) is 22.2. The monoisotopic (exact) mass is 454 g/mol. The van der Waals surface area contributed by atoms with Crippen molar-refractivity contribution in [2.45, 2.75) is 37.5 Å². The highest BCUT2D eigenvalue weighted by molar-refractivity contribution is 7.89. The van der Waals surface area contributed by atoms with Crippen LogP contribution in [-0.2, 0) is 10.0 Å². The topological polar surface area (TPSA) is 96.8 Å². The number of ether oxygens (including phenoxy) is 1. The first-order valence-corrected chi connectivity index (χ1v) is 12.1. The fourth-order valence-corrected chi connectivity index (χ4v) is 5.70. The molecule has 0 amide bonds. The number of pyridine rings is 1. The minimum atomic E-state index is -3.70. The number of rotatable bonds is 5. The molecule has 1 saturated heterocycles. The first-order chi connectivity index (χ1) is 15.3. The SMILES string of the molecule is COc1ccc(-c2cc(C(=O)O)c3cc(S(=O)(=O)N4CCCCCC4)ccc3n2)cc1C. The van der Waals surface area contributed by atoms with Crippen molar-refractivity contribution in [1.82, 2.24) is 9.29 Å². The summed E-state index contributed by atoms with van der Waals surface area (Å²) in [6, 6.07) is 11.6. The number of methoxy groups -OCH3 is 1. The van der Waals surface area contributed by atoms with Crippen LogP contribution in [0.1, 0.15) is 41.6 Å². The van der Waals surface area contributed by atoms with Gasteiger partial charge >= 0.3 is 5.97 Å². The maximum absolute atomic E-state index is 13.2. The molecule has 4 rings (SSSR count). The Morgan fingerprint density at radius 3 is 2.38 bits per heavy atom. The molecule has 1 aromatic heterocycles. The third kappa shape index (κ3) is 4.20. The van der Waals surface area contributed by atoms with E-state index >= 15 is 0 Å². The van der Waals surface area contributed by atoms with Crippen LogP contribution in [-0.4, -0.2) is 49.0 Å². The van der Waals surface area contributed by atoms with E-state index in [9.17, 15) is 18.3 Å². The molecule has 1 fully saturated rings. The molecule has 1 aliphatic rings. The largest absolute Gasteiger partial charge is 0.496 e. The van der Waals surface area contributed by atoms with E-state index in [2.05, 4.69) is 4.98 Å². The minimum absolute atomic E-state index is 0.0198. The van der Waals surface area contributed by atoms with E-state index < -0.39 is 16.0 Å². The van der Waals surface area contributed by atoms with Crippen molar-refractivity contribution >= 4 is 26.9 Å². The lowest BCUT2D eigenvalue weighted by Gasteiger charge is -2.20. The normalized spacial score (nSPS) is 15.4. The molecule has 2 aromatic carbocycles. The van der Waals surface area contributed by atoms with E-state index in [1.54, 1.807) is 13.2 Å². The van der Waals surface area contributed by atoms with Crippen molar-refractivity contribution < 1.29 is 23.1 Å². The van der Waals surface area contributed by atoms with Crippen molar-refractivity contribution in [2.24, 2.45) is 0 Å². The number of carbonyl (C=O) groups is 1. The van der Waals surface area contributed by atoms with E-state index in [1.165, 1.54) is 22.5 Å². The predicted octanol–water partition coefficient (Wildman–Crippen LogP) is 4.48. The van der Waals surface area contributed by atoms with Crippen LogP contribution in [0.2, 0.25) is 0 Å². The Balaban J connectivity index is 1.82. The smallest absolute Gasteiger partial charge is 0.336 e. The van der Waals surface area contributed by atoms with Crippen molar-refractivity contribution in [2.75, 3.05) is 20.2 Å². The maximum atomic E-state index is 13.2. The second-order valence-corrected chi connectivity index (χ2v) is 9.98. The highest BCUT2D eigenvalue weighted by Crippen LogP contribution is 2.30. The van der Waals surface area contributed by atoms with Crippen molar-refractivity contribution in [3.63, 3.8) is 0 Å². The van der Waals surface area contributed by atoms with Crippen LogP contribution in [0, 0.1) is 6.92 Å². The van der Waals surface area contributed by atoms with Crippen LogP contribution in [0.3, 0.4) is 0 Å². The van der Waals surface area contributed by atoms with Gasteiger partial charge in [-0.25, -0.2) is 18.2 Å². The molecule has 8 heteroatoms. The Labute approximate surface area is 187 Å². The average Bonchev–Trinajstić information content (AvgIpc) is 3.08. The zero-order valence-corrected chi connectivity index (χ0v) is 19.0. The summed E-state index contributed by atoms with van der Waals surface area (Å²) in [6.07, 6.45) is 3.70. The second kappa shape index (κ2) is 8.88. The van der Waals surface area contributed by atoms with E-state index in [0.717, 1.165) is 42.6 Å². The molecule has 1 aliphatic heterocycles. The van der Waals surface area contributed by atoms with Crippen LogP contribution in [0.4, 0.5) is 0 Å². The van der Waals surface area contributed by atoms with Gasteiger partial charge < -0.3 is 9.84 Å². The first-order valence-electron chi connectivity index (χ1n) is 10.6. The number of carboxylic acid groups (broad SMARTS) is 1. The number of hydrogen-bond donors (Lipinski definition) is 1. The summed E-state index contributed by atoms with van der Waals surface area (Å²) in [4.78, 5) is 16.8. The minimum Gasteiger partial charge on any atom is -0.496 e. The lowest BCUT2D eigenvalue weighted by Crippen LogP contribution is -2.31. The van der Waals surface area contributed by atoms with Crippen molar-refractivity contribution in [1.29, 1.82) is 0 Å². The van der Waals surface area contributed by atoms with Gasteiger partial charge in [0.1, 0.15) is 5.75 Å². The Bertz CT molecular complexity index is 1280. The Kier molecular flexibility index (Phi) is 6.17. The van der Waals surface area contributed by atoms with Gasteiger partial charge in [0.15, 0.2) is 0 Å². The molecule has 0 aliphatic carbocycles. The number of aryl methyl sites for hydroxylation is 1. The van der Waals surface area contributed by atoms with Crippen LogP contribution in [0.15, 0.2) is 47.4 Å². The fraction of sp³-hybridized carbons (Fsp3) is 0.333. The second-order valence-electron chi connectivity index (χ2n) is 8.04. The third-order valence-corrected chi connectivity index (χ3v) is 7.80. The highest BCUT2D eigenvalue weighted by atomic mass is 32.2. The van der Waals surface area contributed by atoms with Gasteiger partial charge in [0.2, 0.25) is 10.0 Å². The molecule has 168 valence electrons. The van der Waals surface area contributed by atoms with E-state index in [1.807, 2.05) is 25.1 Å². The van der Waals surface area contributed by atoms with Gasteiger partial charge in [-0.15, -0.1) is 0 Å². The summed E-state index contributed by atoms with van der Waals surface area (Å²) in [5.41, 5.74) is 2.62. The molecule has 32 heavy (non-hydrogen) atoms. The molecule has 0 atom stereocenters. The number of benzene rings is 2. The zero-order chi connectivity index (χ0) is 22.9. The van der Waals surface area contributed by atoms with Gasteiger partial charge in [0.05, 0.1) is 28.8 Å². The number of sulfonamides is 1. The molecule has 0 unspecified atom stereocenters. The standard InChI is InChI=1S/C24H26N2O5S/c1-16-13-17(7-10-23(16)31-2)22-15-20(24(27)28)19-14-18(8-9-21(19)25-22)32(29,30)26-11-5-3-4-6-12-26/h7-10,13-15H,3-6,11-12H2,1-2H3,(H,27,28). The van der Waals surface area contributed by atoms with Crippen LogP contribution < -0.4 is 4.74 Å². The molecule has 0 saturated carbocycles. The van der Waals surface area contributed by atoms with E-state index in [0.29, 0.717) is 29.7 Å². The summed E-state index contributed by atoms with van der Waals surface area (Å²) in [5.74, 6) is -0.399. The molecule has 0 radical (unpaired) electrons. The van der Waals surface area contributed by atoms with Gasteiger partial charge in [0.25, 0.3) is 0 Å². The van der Waals surface area contributed by atoms with Gasteiger partial charge in [-0.3, -0.25) is 0 Å². The number of carboxylic acids is 1. The molecule has 0 bridgehead atoms. The lowest BCUT2D eigenvalue weighted by molar-refractivity contribution is 0.0699. The molecule has 0 spiro atoms. The van der Waals surface area contributed by atoms with Gasteiger partial charge in [-0.05, 0) is 67.8 Å². The predicted molar refractivity (Wildman–Crippen MR) is 123 cm³/mol. The van der Waals surface area contributed by atoms with Crippen LogP contribution >= 0.6 is 0 Å². The Hall–Kier alpha value is -2.97. The number of hydrogen-bond acceptors (Lipinski definition) is 5. The quantitative estimate of drug-likeness (QED) is 0.610. The van der Waals surface area contributed by atoms with Crippen molar-refractivity contribution in [3.8, 4) is 17.0 Å². The molecular weight excluding hydrogens is 428 g/mol. The molecule has 3 aromatic rings. The summed E-state index contributed by atoms with van der Waals surface area (Å²) >= 11 is 0. The maximum Gasteiger partial charge on any atom is 0.336 e. The van der Waals surface area contributed by atoms with Crippen LogP contribution in [0.5, 0.6) is 5.75 Å². The molecule has 7 nitrogen and oxygen atoms in total. The highest BCUT2D eigenvalue weighted by Gasteiger charge is 2.26. The number of aromatic nitrogens is 1. The number of nitrogens with zero attached hydrogens (tertiary/aromatic N) is 2. The zero-order valence-electron chi connectivity index (χ0n) is 18.2. The fourth-order valence-electron chi connectivity index (χ4n) is 4.16. The molecular formula is C24H26N2O5S. The van der Waals surface area contributed by atoms with E-state index in [4.69, 9.17) is 4.74 Å². The van der Waals surface area contributed by atoms with Gasteiger partial charge in [-0.2, -0.15) is 4.31 Å². The van der Waals surface area contributed by atoms with Gasteiger partial charge in [-0.1, -0.05) is 12.8 Å². The van der Waals surface area contributed by atoms with Crippen LogP contribution in [0.25, 0.3) is 22.2 Å². The van der Waals surface area contributed by atoms with E-state index in [-0.39, 0.29) is 10.5 Å². The third-order valence-electron chi connectivity index (χ3n) is 5.90. The lowest BCUT2D eigenvalue weighted by atomic mass is 10.0. The van der Waals surface area contributed by atoms with Crippen molar-refractivity contribution in [3.05, 3.63) is 53.6 Å².